The Morgan fingerprint density at radius 3 is 2.83 bits per heavy atom. The number of aliphatic hydroxyl groups is 1. The zero-order valence-electron chi connectivity index (χ0n) is 12.9. The molecular weight excluding hydrogens is 356 g/mol. The van der Waals surface area contributed by atoms with Crippen LogP contribution in [0.2, 0.25) is 0 Å². The number of aryl methyl sites for hydroxylation is 1. The van der Waals surface area contributed by atoms with Crippen LogP contribution >= 0.6 is 23.1 Å². The van der Waals surface area contributed by atoms with Gasteiger partial charge < -0.3 is 20.7 Å². The Morgan fingerprint density at radius 1 is 1.50 bits per heavy atom. The summed E-state index contributed by atoms with van der Waals surface area (Å²) in [7, 11) is 0. The zero-order valence-corrected chi connectivity index (χ0v) is 14.5. The molecule has 0 bridgehead atoms. The van der Waals surface area contributed by atoms with Gasteiger partial charge in [-0.2, -0.15) is 4.98 Å². The number of ether oxygens (including phenoxy) is 1. The molecule has 0 aromatic carbocycles. The molecule has 2 aromatic rings. The number of aliphatic hydroxyl groups excluding tert-OH is 1. The molecule has 1 unspecified atom stereocenters. The molecule has 130 valence electrons. The monoisotopic (exact) mass is 372 g/mol. The third-order valence-corrected chi connectivity index (χ3v) is 6.15. The van der Waals surface area contributed by atoms with E-state index in [1.54, 1.807) is 13.8 Å². The lowest BCUT2D eigenvalue weighted by Crippen LogP contribution is -2.29. The highest BCUT2D eigenvalue weighted by Crippen LogP contribution is 2.43. The van der Waals surface area contributed by atoms with Crippen LogP contribution in [0.3, 0.4) is 0 Å². The molecule has 3 heterocycles. The number of nitrogens with two attached hydrogens (primary N) is 1. The van der Waals surface area contributed by atoms with Crippen LogP contribution in [-0.2, 0) is 9.53 Å². The van der Waals surface area contributed by atoms with Crippen molar-refractivity contribution in [3.63, 3.8) is 0 Å². The minimum absolute atomic E-state index is 0.0269. The summed E-state index contributed by atoms with van der Waals surface area (Å²) >= 11 is 2.16. The van der Waals surface area contributed by atoms with E-state index in [1.807, 2.05) is 0 Å². The van der Waals surface area contributed by atoms with Crippen molar-refractivity contribution in [1.82, 2.24) is 14.5 Å². The highest BCUT2D eigenvalue weighted by atomic mass is 32.2. The van der Waals surface area contributed by atoms with E-state index in [0.717, 1.165) is 11.3 Å². The number of rotatable bonds is 4. The fourth-order valence-electron chi connectivity index (χ4n) is 2.57. The third-order valence-electron chi connectivity index (χ3n) is 3.57. The Bertz CT molecular complexity index is 849. The van der Waals surface area contributed by atoms with Gasteiger partial charge in [-0.05, 0) is 13.8 Å². The van der Waals surface area contributed by atoms with Crippen LogP contribution in [0.1, 0.15) is 25.3 Å². The van der Waals surface area contributed by atoms with Crippen LogP contribution < -0.4 is 10.6 Å². The number of thiazole rings is 1. The standard InChI is InChI=1S/C13H16N4O5S2/c1-4-8-9(16-12(14)15-4)17(13(21)24-8)10-6(3-7(19)20)23-11(22-10)5(2)18/h5-6,10-11,18H,3H2,1-2H3,(H,19,20)(H2,14,15,16)/t5-,6-,10+,11?/m0/s1. The van der Waals surface area contributed by atoms with E-state index >= 15 is 0 Å². The van der Waals surface area contributed by atoms with Gasteiger partial charge in [0.25, 0.3) is 0 Å². The van der Waals surface area contributed by atoms with E-state index in [1.165, 1.54) is 16.3 Å². The van der Waals surface area contributed by atoms with Gasteiger partial charge in [-0.25, -0.2) is 4.98 Å². The molecule has 0 aliphatic carbocycles. The second-order valence-corrected chi connectivity index (χ2v) is 7.77. The molecule has 11 heteroatoms. The van der Waals surface area contributed by atoms with E-state index < -0.39 is 29.0 Å². The Hall–Kier alpha value is -1.69. The topological polar surface area (TPSA) is 141 Å². The summed E-state index contributed by atoms with van der Waals surface area (Å²) in [6, 6.07) is 0. The summed E-state index contributed by atoms with van der Waals surface area (Å²) in [4.78, 5) is 31.4. The van der Waals surface area contributed by atoms with Crippen molar-refractivity contribution in [3.8, 4) is 0 Å². The van der Waals surface area contributed by atoms with E-state index in [4.69, 9.17) is 15.6 Å². The van der Waals surface area contributed by atoms with Gasteiger partial charge in [0.15, 0.2) is 11.9 Å². The first-order valence-electron chi connectivity index (χ1n) is 7.14. The number of nitrogens with zero attached hydrogens (tertiary/aromatic N) is 3. The SMILES string of the molecule is Cc1nc(N)nc2c1sc(=O)n2[C@@H]1OC([C@H](C)O)S[C@H]1CC(=O)O. The third kappa shape index (κ3) is 2.99. The van der Waals surface area contributed by atoms with Crippen molar-refractivity contribution in [2.24, 2.45) is 0 Å². The van der Waals surface area contributed by atoms with Crippen molar-refractivity contribution in [1.29, 1.82) is 0 Å². The number of carboxylic acid groups (broad SMARTS) is 1. The molecule has 4 N–H and O–H groups in total. The minimum atomic E-state index is -1.01. The molecule has 24 heavy (non-hydrogen) atoms. The largest absolute Gasteiger partial charge is 0.481 e. The van der Waals surface area contributed by atoms with Crippen LogP contribution in [0, 0.1) is 6.92 Å². The first-order valence-corrected chi connectivity index (χ1v) is 8.89. The molecule has 2 aromatic heterocycles. The van der Waals surface area contributed by atoms with Gasteiger partial charge in [-0.3, -0.25) is 14.2 Å². The van der Waals surface area contributed by atoms with E-state index in [-0.39, 0.29) is 17.2 Å². The molecule has 0 saturated carbocycles. The lowest BCUT2D eigenvalue weighted by Gasteiger charge is -2.18. The number of aromatic nitrogens is 3. The van der Waals surface area contributed by atoms with Crippen molar-refractivity contribution >= 4 is 45.4 Å². The summed E-state index contributed by atoms with van der Waals surface area (Å²) in [6.45, 7) is 3.27. The highest BCUT2D eigenvalue weighted by molar-refractivity contribution is 8.00. The molecule has 0 spiro atoms. The van der Waals surface area contributed by atoms with Crippen LogP contribution in [0.25, 0.3) is 10.3 Å². The molecular formula is C13H16N4O5S2. The Labute approximate surface area is 144 Å². The summed E-state index contributed by atoms with van der Waals surface area (Å²) in [5.41, 5.74) is 5.95. The van der Waals surface area contributed by atoms with Crippen molar-refractivity contribution in [2.45, 2.75) is 43.3 Å². The fraction of sp³-hybridized carbons (Fsp3) is 0.538. The predicted octanol–water partition coefficient (Wildman–Crippen LogP) is 0.556. The number of carbonyl (C=O) groups is 1. The molecule has 1 aliphatic heterocycles. The summed E-state index contributed by atoms with van der Waals surface area (Å²) in [5.74, 6) is -0.982. The average Bonchev–Trinajstić information content (AvgIpc) is 2.99. The summed E-state index contributed by atoms with van der Waals surface area (Å²) in [5, 5.41) is 18.4. The first kappa shape index (κ1) is 17.1. The average molecular weight is 372 g/mol. The summed E-state index contributed by atoms with van der Waals surface area (Å²) in [6.07, 6.45) is -1.86. The highest BCUT2D eigenvalue weighted by Gasteiger charge is 2.42. The molecule has 1 fully saturated rings. The molecule has 9 nitrogen and oxygen atoms in total. The van der Waals surface area contributed by atoms with Crippen molar-refractivity contribution < 1.29 is 19.7 Å². The fourth-order valence-corrected chi connectivity index (χ4v) is 4.77. The first-order chi connectivity index (χ1) is 11.3. The number of nitrogen functional groups attached to an aromatic ring is 1. The quantitative estimate of drug-likeness (QED) is 0.701. The second-order valence-electron chi connectivity index (χ2n) is 5.47. The Morgan fingerprint density at radius 2 is 2.21 bits per heavy atom. The lowest BCUT2D eigenvalue weighted by molar-refractivity contribution is -0.138. The maximum atomic E-state index is 12.5. The summed E-state index contributed by atoms with van der Waals surface area (Å²) < 4.78 is 7.66. The molecule has 0 radical (unpaired) electrons. The van der Waals surface area contributed by atoms with Crippen molar-refractivity contribution in [2.75, 3.05) is 5.73 Å². The maximum Gasteiger partial charge on any atom is 0.311 e. The van der Waals surface area contributed by atoms with Gasteiger partial charge in [-0.15, -0.1) is 11.8 Å². The number of hydrogen-bond acceptors (Lipinski definition) is 9. The number of hydrogen-bond donors (Lipinski definition) is 3. The van der Waals surface area contributed by atoms with Gasteiger partial charge in [0.1, 0.15) is 5.44 Å². The van der Waals surface area contributed by atoms with E-state index in [9.17, 15) is 14.7 Å². The maximum absolute atomic E-state index is 12.5. The Balaban J connectivity index is 2.11. The number of aliphatic carboxylic acids is 1. The van der Waals surface area contributed by atoms with Gasteiger partial charge in [0, 0.05) is 0 Å². The van der Waals surface area contributed by atoms with Crippen LogP contribution in [0.4, 0.5) is 5.95 Å². The Kier molecular flexibility index (Phi) is 4.51. The number of anilines is 1. The van der Waals surface area contributed by atoms with Crippen molar-refractivity contribution in [3.05, 3.63) is 15.4 Å². The smallest absolute Gasteiger partial charge is 0.311 e. The van der Waals surface area contributed by atoms with Gasteiger partial charge in [0.2, 0.25) is 5.95 Å². The number of thioether (sulfide) groups is 1. The molecule has 3 rings (SSSR count). The lowest BCUT2D eigenvalue weighted by atomic mass is 10.2. The van der Waals surface area contributed by atoms with Crippen LogP contribution in [0.5, 0.6) is 0 Å². The van der Waals surface area contributed by atoms with Crippen LogP contribution in [-0.4, -0.2) is 47.5 Å². The van der Waals surface area contributed by atoms with E-state index in [0.29, 0.717) is 16.0 Å². The van der Waals surface area contributed by atoms with Crippen LogP contribution in [0.15, 0.2) is 4.79 Å². The minimum Gasteiger partial charge on any atom is -0.481 e. The van der Waals surface area contributed by atoms with Gasteiger partial charge in [0.05, 0.1) is 28.2 Å². The normalized spacial score (nSPS) is 25.2. The van der Waals surface area contributed by atoms with Gasteiger partial charge in [-0.1, -0.05) is 11.3 Å². The molecule has 1 saturated heterocycles. The number of fused-ring (bicyclic) bond motifs is 1. The predicted molar refractivity (Wildman–Crippen MR) is 90.0 cm³/mol. The molecule has 4 atom stereocenters. The molecule has 1 aliphatic rings. The van der Waals surface area contributed by atoms with Gasteiger partial charge >= 0.3 is 10.8 Å². The zero-order chi connectivity index (χ0) is 17.6. The van der Waals surface area contributed by atoms with E-state index in [2.05, 4.69) is 9.97 Å². The molecule has 0 amide bonds. The number of carboxylic acids is 1. The second kappa shape index (κ2) is 6.31.